The van der Waals surface area contributed by atoms with E-state index in [4.69, 9.17) is 4.98 Å². The van der Waals surface area contributed by atoms with Gasteiger partial charge in [-0.3, -0.25) is 4.79 Å². The Morgan fingerprint density at radius 3 is 2.76 bits per heavy atom. The number of benzene rings is 2. The fourth-order valence-electron chi connectivity index (χ4n) is 2.79. The van der Waals surface area contributed by atoms with Gasteiger partial charge in [-0.15, -0.1) is 0 Å². The number of carbonyl (C=O) groups excluding carboxylic acids is 1. The van der Waals surface area contributed by atoms with E-state index in [0.717, 1.165) is 46.4 Å². The Kier molecular flexibility index (Phi) is 3.57. The van der Waals surface area contributed by atoms with Gasteiger partial charge in [-0.1, -0.05) is 35.9 Å². The number of aromatic nitrogens is 2. The summed E-state index contributed by atoms with van der Waals surface area (Å²) in [5.74, 6) is 1.01. The molecular formula is C18H18N2O. The molecule has 3 heteroatoms. The Morgan fingerprint density at radius 2 is 2.00 bits per heavy atom. The molecule has 0 unspecified atom stereocenters. The van der Waals surface area contributed by atoms with E-state index >= 15 is 0 Å². The molecule has 2 aromatic carbocycles. The lowest BCUT2D eigenvalue weighted by Gasteiger charge is -2.08. The minimum Gasteiger partial charge on any atom is -0.328 e. The van der Waals surface area contributed by atoms with Gasteiger partial charge in [0.2, 0.25) is 0 Å². The molecule has 0 spiro atoms. The van der Waals surface area contributed by atoms with Crippen molar-refractivity contribution < 1.29 is 4.79 Å². The van der Waals surface area contributed by atoms with Gasteiger partial charge in [-0.25, -0.2) is 4.98 Å². The molecule has 3 nitrogen and oxygen atoms in total. The number of para-hydroxylation sites is 2. The van der Waals surface area contributed by atoms with Crippen LogP contribution in [0.1, 0.15) is 34.2 Å². The second kappa shape index (κ2) is 5.52. The second-order valence-corrected chi connectivity index (χ2v) is 5.26. The molecule has 0 aliphatic carbocycles. The van der Waals surface area contributed by atoms with Crippen molar-refractivity contribution in [2.45, 2.75) is 26.8 Å². The summed E-state index contributed by atoms with van der Waals surface area (Å²) >= 11 is 0. The summed E-state index contributed by atoms with van der Waals surface area (Å²) < 4.78 is 2.21. The number of hydrogen-bond donors (Lipinski definition) is 0. The highest BCUT2D eigenvalue weighted by atomic mass is 16.1. The molecule has 0 saturated carbocycles. The number of aryl methyl sites for hydroxylation is 2. The van der Waals surface area contributed by atoms with E-state index in [9.17, 15) is 4.79 Å². The van der Waals surface area contributed by atoms with Crippen molar-refractivity contribution in [2.24, 2.45) is 0 Å². The zero-order chi connectivity index (χ0) is 14.8. The average molecular weight is 278 g/mol. The van der Waals surface area contributed by atoms with E-state index in [1.165, 1.54) is 0 Å². The Hall–Kier alpha value is -2.42. The number of imidazole rings is 1. The molecule has 0 bridgehead atoms. The zero-order valence-corrected chi connectivity index (χ0v) is 12.3. The Labute approximate surface area is 124 Å². The van der Waals surface area contributed by atoms with Crippen molar-refractivity contribution in [1.82, 2.24) is 9.55 Å². The predicted molar refractivity (Wildman–Crippen MR) is 84.8 cm³/mol. The maximum absolute atomic E-state index is 11.2. The molecule has 1 heterocycles. The highest BCUT2D eigenvalue weighted by Gasteiger charge is 2.11. The first kappa shape index (κ1) is 13.6. The first-order valence-electron chi connectivity index (χ1n) is 7.21. The van der Waals surface area contributed by atoms with E-state index in [2.05, 4.69) is 23.6 Å². The third kappa shape index (κ3) is 2.47. The number of aldehydes is 1. The van der Waals surface area contributed by atoms with Crippen LogP contribution in [0, 0.1) is 6.92 Å². The Morgan fingerprint density at radius 1 is 1.19 bits per heavy atom. The summed E-state index contributed by atoms with van der Waals surface area (Å²) in [6, 6.07) is 14.1. The fraction of sp³-hybridized carbons (Fsp3) is 0.222. The zero-order valence-electron chi connectivity index (χ0n) is 12.3. The smallest absolute Gasteiger partial charge is 0.150 e. The highest BCUT2D eigenvalue weighted by molar-refractivity contribution is 5.78. The van der Waals surface area contributed by atoms with Crippen molar-refractivity contribution in [3.63, 3.8) is 0 Å². The minimum atomic E-state index is 0.679. The number of rotatable bonds is 4. The lowest BCUT2D eigenvalue weighted by Crippen LogP contribution is -2.04. The molecule has 0 atom stereocenters. The SMILES string of the molecule is CCn1c(Cc2cc(C)ccc2C=O)nc2ccccc21. The van der Waals surface area contributed by atoms with Gasteiger partial charge < -0.3 is 4.57 Å². The molecule has 0 radical (unpaired) electrons. The van der Waals surface area contributed by atoms with Crippen LogP contribution >= 0.6 is 0 Å². The number of hydrogen-bond acceptors (Lipinski definition) is 2. The molecule has 0 aliphatic rings. The molecule has 1 aromatic heterocycles. The van der Waals surface area contributed by atoms with E-state index in [-0.39, 0.29) is 0 Å². The summed E-state index contributed by atoms with van der Waals surface area (Å²) in [5, 5.41) is 0. The molecule has 3 rings (SSSR count). The standard InChI is InChI=1S/C18H18N2O/c1-3-20-17-7-5-4-6-16(17)19-18(20)11-15-10-13(2)8-9-14(15)12-21/h4-10,12H,3,11H2,1-2H3. The average Bonchev–Trinajstić information content (AvgIpc) is 2.84. The van der Waals surface area contributed by atoms with Gasteiger partial charge in [-0.2, -0.15) is 0 Å². The summed E-state index contributed by atoms with van der Waals surface area (Å²) in [6.45, 7) is 5.04. The van der Waals surface area contributed by atoms with Crippen molar-refractivity contribution in [3.8, 4) is 0 Å². The summed E-state index contributed by atoms with van der Waals surface area (Å²) in [5.41, 5.74) is 5.10. The molecule has 0 saturated heterocycles. The van der Waals surface area contributed by atoms with Gasteiger partial charge in [0, 0.05) is 18.5 Å². The predicted octanol–water partition coefficient (Wildman–Crippen LogP) is 3.77. The van der Waals surface area contributed by atoms with Crippen LogP contribution in [-0.2, 0) is 13.0 Å². The molecule has 0 aliphatic heterocycles. The van der Waals surface area contributed by atoms with E-state index in [1.807, 2.05) is 37.3 Å². The van der Waals surface area contributed by atoms with Crippen molar-refractivity contribution in [3.05, 3.63) is 65.0 Å². The van der Waals surface area contributed by atoms with Gasteiger partial charge in [0.15, 0.2) is 0 Å². The Bertz CT molecular complexity index is 802. The normalized spacial score (nSPS) is 11.0. The van der Waals surface area contributed by atoms with Gasteiger partial charge >= 0.3 is 0 Å². The summed E-state index contributed by atoms with van der Waals surface area (Å²) in [7, 11) is 0. The second-order valence-electron chi connectivity index (χ2n) is 5.26. The maximum Gasteiger partial charge on any atom is 0.150 e. The van der Waals surface area contributed by atoms with E-state index in [0.29, 0.717) is 6.42 Å². The van der Waals surface area contributed by atoms with Gasteiger partial charge in [0.25, 0.3) is 0 Å². The third-order valence-electron chi connectivity index (χ3n) is 3.82. The van der Waals surface area contributed by atoms with Crippen molar-refractivity contribution in [1.29, 1.82) is 0 Å². The number of carbonyl (C=O) groups is 1. The maximum atomic E-state index is 11.2. The number of fused-ring (bicyclic) bond motifs is 1. The molecule has 3 aromatic rings. The molecule has 106 valence electrons. The quantitative estimate of drug-likeness (QED) is 0.681. The molecule has 0 N–H and O–H groups in total. The highest BCUT2D eigenvalue weighted by Crippen LogP contribution is 2.20. The molecular weight excluding hydrogens is 260 g/mol. The van der Waals surface area contributed by atoms with Crippen LogP contribution in [-0.4, -0.2) is 15.8 Å². The van der Waals surface area contributed by atoms with E-state index < -0.39 is 0 Å². The first-order chi connectivity index (χ1) is 10.2. The van der Waals surface area contributed by atoms with Crippen LogP contribution in [0.5, 0.6) is 0 Å². The molecule has 0 fully saturated rings. The van der Waals surface area contributed by atoms with Crippen LogP contribution in [0.4, 0.5) is 0 Å². The monoisotopic (exact) mass is 278 g/mol. The number of nitrogens with zero attached hydrogens (tertiary/aromatic N) is 2. The van der Waals surface area contributed by atoms with Crippen LogP contribution < -0.4 is 0 Å². The first-order valence-corrected chi connectivity index (χ1v) is 7.21. The van der Waals surface area contributed by atoms with Crippen LogP contribution in [0.15, 0.2) is 42.5 Å². The lowest BCUT2D eigenvalue weighted by molar-refractivity contribution is 0.112. The van der Waals surface area contributed by atoms with Crippen LogP contribution in [0.3, 0.4) is 0 Å². The Balaban J connectivity index is 2.10. The largest absolute Gasteiger partial charge is 0.328 e. The fourth-order valence-corrected chi connectivity index (χ4v) is 2.79. The van der Waals surface area contributed by atoms with Gasteiger partial charge in [0.1, 0.15) is 12.1 Å². The van der Waals surface area contributed by atoms with Crippen LogP contribution in [0.25, 0.3) is 11.0 Å². The van der Waals surface area contributed by atoms with Gasteiger partial charge in [0.05, 0.1) is 11.0 Å². The molecule has 21 heavy (non-hydrogen) atoms. The molecule has 0 amide bonds. The van der Waals surface area contributed by atoms with E-state index in [1.54, 1.807) is 0 Å². The van der Waals surface area contributed by atoms with Crippen molar-refractivity contribution in [2.75, 3.05) is 0 Å². The summed E-state index contributed by atoms with van der Waals surface area (Å²) in [6.07, 6.45) is 1.60. The van der Waals surface area contributed by atoms with Crippen molar-refractivity contribution >= 4 is 17.3 Å². The summed E-state index contributed by atoms with van der Waals surface area (Å²) in [4.78, 5) is 16.0. The van der Waals surface area contributed by atoms with Crippen LogP contribution in [0.2, 0.25) is 0 Å². The third-order valence-corrected chi connectivity index (χ3v) is 3.82. The minimum absolute atomic E-state index is 0.679. The topological polar surface area (TPSA) is 34.9 Å². The van der Waals surface area contributed by atoms with Gasteiger partial charge in [-0.05, 0) is 31.5 Å². The lowest BCUT2D eigenvalue weighted by atomic mass is 10.0.